The summed E-state index contributed by atoms with van der Waals surface area (Å²) in [4.78, 5) is 33.6. The number of aromatic nitrogens is 1. The Morgan fingerprint density at radius 1 is 1.02 bits per heavy atom. The standard InChI is InChI=1S/C35H38FN5O4S2/c1-5-6-14-40-32(39-18-16-38(17-19-39)28-10-8-7-9-27(28)36)25(23(2)26(22-37)33(40)42)21-31-34(43)41(35(46)47-31)15-13-24-11-12-29(44-3)30(20-24)45-4/h7-12,20-21H,5-6,13-19H2,1-4H3/b31-21+. The highest BCUT2D eigenvalue weighted by molar-refractivity contribution is 8.26. The number of hydrogen-bond acceptors (Lipinski definition) is 9. The predicted octanol–water partition coefficient (Wildman–Crippen LogP) is 5.76. The molecule has 0 spiro atoms. The highest BCUT2D eigenvalue weighted by atomic mass is 32.2. The van der Waals surface area contributed by atoms with Gasteiger partial charge in [-0.15, -0.1) is 0 Å². The van der Waals surface area contributed by atoms with E-state index >= 15 is 0 Å². The number of hydrogen-bond donors (Lipinski definition) is 0. The Labute approximate surface area is 284 Å². The highest BCUT2D eigenvalue weighted by Gasteiger charge is 2.34. The summed E-state index contributed by atoms with van der Waals surface area (Å²) in [6, 6.07) is 14.5. The summed E-state index contributed by atoms with van der Waals surface area (Å²) in [6.45, 7) is 6.75. The van der Waals surface area contributed by atoms with Crippen LogP contribution in [0.3, 0.4) is 0 Å². The second kappa shape index (κ2) is 15.0. The van der Waals surface area contributed by atoms with Crippen molar-refractivity contribution in [2.24, 2.45) is 0 Å². The Hall–Kier alpha value is -4.34. The number of thioether (sulfide) groups is 1. The van der Waals surface area contributed by atoms with Crippen molar-refractivity contribution < 1.29 is 18.7 Å². The van der Waals surface area contributed by atoms with Gasteiger partial charge in [0.15, 0.2) is 11.5 Å². The molecule has 47 heavy (non-hydrogen) atoms. The third-order valence-electron chi connectivity index (χ3n) is 8.58. The minimum absolute atomic E-state index is 0.0602. The molecular weight excluding hydrogens is 638 g/mol. The molecule has 246 valence electrons. The van der Waals surface area contributed by atoms with Crippen LogP contribution in [-0.2, 0) is 17.8 Å². The van der Waals surface area contributed by atoms with E-state index in [9.17, 15) is 19.2 Å². The highest BCUT2D eigenvalue weighted by Crippen LogP contribution is 2.37. The smallest absolute Gasteiger partial charge is 0.270 e. The maximum atomic E-state index is 14.6. The molecule has 2 aromatic carbocycles. The number of nitriles is 1. The number of halogens is 1. The van der Waals surface area contributed by atoms with E-state index in [0.29, 0.717) is 89.0 Å². The van der Waals surface area contributed by atoms with Crippen molar-refractivity contribution in [1.82, 2.24) is 9.47 Å². The number of unbranched alkanes of at least 4 members (excludes halogenated alkanes) is 1. The fourth-order valence-corrected chi connectivity index (χ4v) is 7.27. The van der Waals surface area contributed by atoms with E-state index in [1.807, 2.05) is 36.1 Å². The van der Waals surface area contributed by atoms with Crippen molar-refractivity contribution in [3.05, 3.63) is 85.8 Å². The Kier molecular flexibility index (Phi) is 10.9. The van der Waals surface area contributed by atoms with Gasteiger partial charge in [0.1, 0.15) is 27.6 Å². The van der Waals surface area contributed by atoms with Gasteiger partial charge in [0.25, 0.3) is 11.5 Å². The van der Waals surface area contributed by atoms with E-state index in [0.717, 1.165) is 18.4 Å². The lowest BCUT2D eigenvalue weighted by Crippen LogP contribution is -2.49. The molecule has 2 aliphatic rings. The molecule has 0 N–H and O–H groups in total. The van der Waals surface area contributed by atoms with Crippen molar-refractivity contribution in [2.45, 2.75) is 39.7 Å². The SMILES string of the molecule is CCCCn1c(N2CCN(c3ccccc3F)CC2)c(/C=C2/SC(=S)N(CCc3ccc(OC)c(OC)c3)C2=O)c(C)c(C#N)c1=O. The summed E-state index contributed by atoms with van der Waals surface area (Å²) in [5, 5.41) is 10.0. The van der Waals surface area contributed by atoms with Crippen LogP contribution < -0.4 is 24.8 Å². The summed E-state index contributed by atoms with van der Waals surface area (Å²) >= 11 is 6.87. The number of amides is 1. The molecule has 0 radical (unpaired) electrons. The van der Waals surface area contributed by atoms with E-state index in [-0.39, 0.29) is 22.8 Å². The zero-order valence-corrected chi connectivity index (χ0v) is 28.7. The van der Waals surface area contributed by atoms with Crippen molar-refractivity contribution in [1.29, 1.82) is 5.26 Å². The monoisotopic (exact) mass is 675 g/mol. The molecule has 0 unspecified atom stereocenters. The van der Waals surface area contributed by atoms with Crippen LogP contribution in [0.4, 0.5) is 15.9 Å². The number of pyridine rings is 1. The molecule has 3 heterocycles. The minimum Gasteiger partial charge on any atom is -0.493 e. The van der Waals surface area contributed by atoms with E-state index in [1.54, 1.807) is 48.8 Å². The number of para-hydroxylation sites is 1. The number of thiocarbonyl (C=S) groups is 1. The molecule has 3 aromatic rings. The molecule has 2 aliphatic heterocycles. The third-order valence-corrected chi connectivity index (χ3v) is 9.95. The lowest BCUT2D eigenvalue weighted by Gasteiger charge is -2.39. The summed E-state index contributed by atoms with van der Waals surface area (Å²) in [5.74, 6) is 1.41. The molecular formula is C35H38FN5O4S2. The first-order valence-electron chi connectivity index (χ1n) is 15.6. The zero-order valence-electron chi connectivity index (χ0n) is 27.0. The fourth-order valence-electron chi connectivity index (χ4n) is 5.98. The maximum Gasteiger partial charge on any atom is 0.270 e. The molecule has 2 fully saturated rings. The number of nitrogens with zero attached hydrogens (tertiary/aromatic N) is 5. The van der Waals surface area contributed by atoms with Crippen molar-refractivity contribution in [3.8, 4) is 17.6 Å². The van der Waals surface area contributed by atoms with Crippen LogP contribution in [0, 0.1) is 24.1 Å². The third kappa shape index (κ3) is 7.01. The topological polar surface area (TPSA) is 91.0 Å². The van der Waals surface area contributed by atoms with Crippen LogP contribution in [0.25, 0.3) is 6.08 Å². The van der Waals surface area contributed by atoms with Gasteiger partial charge in [-0.05, 0) is 61.2 Å². The van der Waals surface area contributed by atoms with Gasteiger partial charge in [0.05, 0.1) is 24.8 Å². The molecule has 0 aliphatic carbocycles. The number of benzene rings is 2. The van der Waals surface area contributed by atoms with Gasteiger partial charge < -0.3 is 19.3 Å². The average Bonchev–Trinajstić information content (AvgIpc) is 3.35. The molecule has 0 atom stereocenters. The Balaban J connectivity index is 1.48. The molecule has 5 rings (SSSR count). The molecule has 12 heteroatoms. The molecule has 2 saturated heterocycles. The van der Waals surface area contributed by atoms with Gasteiger partial charge in [-0.25, -0.2) is 4.39 Å². The molecule has 0 saturated carbocycles. The molecule has 1 aromatic heterocycles. The quantitative estimate of drug-likeness (QED) is 0.186. The van der Waals surface area contributed by atoms with Crippen LogP contribution >= 0.6 is 24.0 Å². The van der Waals surface area contributed by atoms with Crippen LogP contribution in [-0.4, -0.2) is 66.6 Å². The summed E-state index contributed by atoms with van der Waals surface area (Å²) in [6.07, 6.45) is 3.94. The number of carbonyl (C=O) groups is 1. The van der Waals surface area contributed by atoms with Crippen LogP contribution in [0.2, 0.25) is 0 Å². The number of methoxy groups -OCH3 is 2. The van der Waals surface area contributed by atoms with Crippen molar-refractivity contribution >= 4 is 51.8 Å². The van der Waals surface area contributed by atoms with Crippen LogP contribution in [0.15, 0.2) is 52.2 Å². The first-order chi connectivity index (χ1) is 22.7. The second-order valence-corrected chi connectivity index (χ2v) is 13.0. The number of rotatable bonds is 11. The van der Waals surface area contributed by atoms with Gasteiger partial charge in [-0.2, -0.15) is 5.26 Å². The lowest BCUT2D eigenvalue weighted by molar-refractivity contribution is -0.122. The molecule has 0 bridgehead atoms. The second-order valence-electron chi connectivity index (χ2n) is 11.4. The Morgan fingerprint density at radius 2 is 1.72 bits per heavy atom. The first-order valence-corrected chi connectivity index (χ1v) is 16.8. The lowest BCUT2D eigenvalue weighted by atomic mass is 10.0. The van der Waals surface area contributed by atoms with Gasteiger partial charge >= 0.3 is 0 Å². The van der Waals surface area contributed by atoms with E-state index in [2.05, 4.69) is 11.0 Å². The first kappa shape index (κ1) is 34.0. The van der Waals surface area contributed by atoms with Gasteiger partial charge in [-0.1, -0.05) is 55.5 Å². The van der Waals surface area contributed by atoms with Gasteiger partial charge in [0.2, 0.25) is 0 Å². The zero-order chi connectivity index (χ0) is 33.7. The van der Waals surface area contributed by atoms with E-state index in [4.69, 9.17) is 21.7 Å². The average molecular weight is 676 g/mol. The number of ether oxygens (including phenoxy) is 2. The summed E-state index contributed by atoms with van der Waals surface area (Å²) in [5.41, 5.74) is 2.40. The van der Waals surface area contributed by atoms with Crippen molar-refractivity contribution in [3.63, 3.8) is 0 Å². The van der Waals surface area contributed by atoms with Gasteiger partial charge in [-0.3, -0.25) is 19.1 Å². The normalized spacial score (nSPS) is 15.8. The van der Waals surface area contributed by atoms with Crippen LogP contribution in [0.1, 0.15) is 42.0 Å². The van der Waals surface area contributed by atoms with E-state index < -0.39 is 0 Å². The number of carbonyl (C=O) groups excluding carboxylic acids is 1. The minimum atomic E-state index is -0.343. The maximum absolute atomic E-state index is 14.6. The summed E-state index contributed by atoms with van der Waals surface area (Å²) < 4.78 is 27.5. The van der Waals surface area contributed by atoms with Crippen LogP contribution in [0.5, 0.6) is 11.5 Å². The Bertz CT molecular complexity index is 1810. The molecule has 1 amide bonds. The van der Waals surface area contributed by atoms with E-state index in [1.165, 1.54) is 17.8 Å². The summed E-state index contributed by atoms with van der Waals surface area (Å²) in [7, 11) is 3.16. The fraction of sp³-hybridized carbons (Fsp3) is 0.371. The molecule has 9 nitrogen and oxygen atoms in total. The number of anilines is 2. The predicted molar refractivity (Wildman–Crippen MR) is 189 cm³/mol. The Morgan fingerprint density at radius 3 is 2.38 bits per heavy atom. The van der Waals surface area contributed by atoms with Gasteiger partial charge in [0, 0.05) is 44.8 Å². The number of piperazine rings is 1. The van der Waals surface area contributed by atoms with Crippen molar-refractivity contribution in [2.75, 3.05) is 56.7 Å². The largest absolute Gasteiger partial charge is 0.493 e.